The van der Waals surface area contributed by atoms with Gasteiger partial charge in [0.15, 0.2) is 0 Å². The molecule has 0 fully saturated rings. The molecule has 0 aliphatic carbocycles. The van der Waals surface area contributed by atoms with Gasteiger partial charge in [0.2, 0.25) is 0 Å². The highest BCUT2D eigenvalue weighted by Gasteiger charge is 2.06. The molecule has 4 heteroatoms. The van der Waals surface area contributed by atoms with Crippen molar-refractivity contribution in [2.45, 2.75) is 19.9 Å². The number of likely N-dealkylation sites (N-methyl/N-ethyl adjacent to an activating group) is 1. The van der Waals surface area contributed by atoms with Crippen LogP contribution >= 0.6 is 12.4 Å². The predicted octanol–water partition coefficient (Wildman–Crippen LogP) is 0.491. The van der Waals surface area contributed by atoms with Crippen LogP contribution in [-0.2, 0) is 4.79 Å². The molecular weight excluding hydrogens is 142 g/mol. The van der Waals surface area contributed by atoms with Crippen molar-refractivity contribution in [3.05, 3.63) is 0 Å². The van der Waals surface area contributed by atoms with E-state index in [-0.39, 0.29) is 12.4 Å². The Morgan fingerprint density at radius 3 is 2.33 bits per heavy atom. The molecule has 0 saturated heterocycles. The minimum Gasteiger partial charge on any atom is -0.480 e. The molecular formula is C5H12ClNO2. The van der Waals surface area contributed by atoms with Crippen LogP contribution in [0.5, 0.6) is 0 Å². The third-order valence-electron chi connectivity index (χ3n) is 0.881. The van der Waals surface area contributed by atoms with E-state index < -0.39 is 12.0 Å². The zero-order valence-corrected chi connectivity index (χ0v) is 6.36. The van der Waals surface area contributed by atoms with Gasteiger partial charge < -0.3 is 10.4 Å². The van der Waals surface area contributed by atoms with Crippen LogP contribution in [0, 0.1) is 0 Å². The molecule has 0 aromatic heterocycles. The quantitative estimate of drug-likeness (QED) is 0.621. The van der Waals surface area contributed by atoms with E-state index in [1.807, 2.05) is 6.92 Å². The predicted molar refractivity (Wildman–Crippen MR) is 38.0 cm³/mol. The molecule has 3 nitrogen and oxygen atoms in total. The van der Waals surface area contributed by atoms with Crippen molar-refractivity contribution >= 4 is 18.4 Å². The van der Waals surface area contributed by atoms with Crippen LogP contribution in [0.1, 0.15) is 13.8 Å². The first-order valence-electron chi connectivity index (χ1n) is 2.64. The molecule has 56 valence electrons. The zero-order chi connectivity index (χ0) is 6.57. The lowest BCUT2D eigenvalue weighted by Crippen LogP contribution is -2.33. The van der Waals surface area contributed by atoms with Crippen LogP contribution in [0.2, 0.25) is 0 Å². The second kappa shape index (κ2) is 5.85. The lowest BCUT2D eigenvalue weighted by Gasteiger charge is -2.03. The number of carboxylic acid groups (broad SMARTS) is 1. The topological polar surface area (TPSA) is 49.3 Å². The second-order valence-electron chi connectivity index (χ2n) is 1.62. The highest BCUT2D eigenvalue weighted by atomic mass is 35.5. The van der Waals surface area contributed by atoms with Crippen LogP contribution < -0.4 is 5.32 Å². The molecule has 0 radical (unpaired) electrons. The van der Waals surface area contributed by atoms with Crippen LogP contribution in [0.4, 0.5) is 0 Å². The fraction of sp³-hybridized carbons (Fsp3) is 0.800. The summed E-state index contributed by atoms with van der Waals surface area (Å²) >= 11 is 0. The molecule has 1 atom stereocenters. The molecule has 0 amide bonds. The van der Waals surface area contributed by atoms with Crippen LogP contribution in [-0.4, -0.2) is 23.7 Å². The van der Waals surface area contributed by atoms with Gasteiger partial charge in [-0.05, 0) is 13.5 Å². The molecule has 0 aliphatic rings. The normalized spacial score (nSPS) is 11.8. The Morgan fingerprint density at radius 2 is 2.22 bits per heavy atom. The van der Waals surface area contributed by atoms with Gasteiger partial charge in [-0.15, -0.1) is 12.4 Å². The first kappa shape index (κ1) is 11.5. The summed E-state index contributed by atoms with van der Waals surface area (Å²) in [5, 5.41) is 11.0. The summed E-state index contributed by atoms with van der Waals surface area (Å²) < 4.78 is 0. The largest absolute Gasteiger partial charge is 0.480 e. The van der Waals surface area contributed by atoms with Gasteiger partial charge in [-0.2, -0.15) is 0 Å². The Balaban J connectivity index is 0. The smallest absolute Gasteiger partial charge is 0.320 e. The van der Waals surface area contributed by atoms with E-state index in [9.17, 15) is 4.79 Å². The molecule has 0 bridgehead atoms. The highest BCUT2D eigenvalue weighted by Crippen LogP contribution is 1.77. The molecule has 0 aromatic rings. The van der Waals surface area contributed by atoms with Gasteiger partial charge in [-0.1, -0.05) is 6.92 Å². The fourth-order valence-electron chi connectivity index (χ4n) is 0.393. The Hall–Kier alpha value is -0.280. The summed E-state index contributed by atoms with van der Waals surface area (Å²) in [6.45, 7) is 4.19. The molecule has 0 aliphatic heterocycles. The molecule has 0 unspecified atom stereocenters. The number of rotatable bonds is 3. The van der Waals surface area contributed by atoms with Crippen molar-refractivity contribution in [1.29, 1.82) is 0 Å². The number of aliphatic carboxylic acids is 1. The minimum atomic E-state index is -0.799. The van der Waals surface area contributed by atoms with Crippen molar-refractivity contribution in [3.8, 4) is 0 Å². The monoisotopic (exact) mass is 153 g/mol. The molecule has 0 rings (SSSR count). The Kier molecular flexibility index (Phi) is 7.48. The standard InChI is InChI=1S/C5H11NO2.ClH/c1-3-6-4(2)5(7)8;/h4,6H,3H2,1-2H3,(H,7,8);1H/t4-;/m0./s1. The number of carbonyl (C=O) groups is 1. The van der Waals surface area contributed by atoms with Gasteiger partial charge in [0, 0.05) is 0 Å². The summed E-state index contributed by atoms with van der Waals surface area (Å²) in [7, 11) is 0. The lowest BCUT2D eigenvalue weighted by atomic mass is 10.3. The zero-order valence-electron chi connectivity index (χ0n) is 5.55. The lowest BCUT2D eigenvalue weighted by molar-refractivity contribution is -0.138. The maximum atomic E-state index is 10.0. The van der Waals surface area contributed by atoms with Gasteiger partial charge >= 0.3 is 5.97 Å². The average Bonchev–Trinajstić information content (AvgIpc) is 1.67. The van der Waals surface area contributed by atoms with E-state index in [0.29, 0.717) is 6.54 Å². The number of hydrogen-bond acceptors (Lipinski definition) is 2. The van der Waals surface area contributed by atoms with Crippen LogP contribution in [0.3, 0.4) is 0 Å². The number of nitrogens with one attached hydrogen (secondary N) is 1. The molecule has 2 N–H and O–H groups in total. The van der Waals surface area contributed by atoms with E-state index in [1.165, 1.54) is 0 Å². The van der Waals surface area contributed by atoms with Crippen molar-refractivity contribution in [2.75, 3.05) is 6.54 Å². The van der Waals surface area contributed by atoms with E-state index in [2.05, 4.69) is 5.32 Å². The van der Waals surface area contributed by atoms with Crippen molar-refractivity contribution in [3.63, 3.8) is 0 Å². The van der Waals surface area contributed by atoms with Crippen molar-refractivity contribution in [1.82, 2.24) is 5.32 Å². The summed E-state index contributed by atoms with van der Waals surface area (Å²) in [5.74, 6) is -0.799. The summed E-state index contributed by atoms with van der Waals surface area (Å²) in [5.41, 5.74) is 0. The molecule has 0 heterocycles. The van der Waals surface area contributed by atoms with Gasteiger partial charge in [0.25, 0.3) is 0 Å². The number of halogens is 1. The summed E-state index contributed by atoms with van der Waals surface area (Å²) in [4.78, 5) is 10.0. The van der Waals surface area contributed by atoms with Crippen molar-refractivity contribution in [2.24, 2.45) is 0 Å². The Morgan fingerprint density at radius 1 is 1.78 bits per heavy atom. The first-order chi connectivity index (χ1) is 3.68. The van der Waals surface area contributed by atoms with E-state index in [1.54, 1.807) is 6.92 Å². The maximum Gasteiger partial charge on any atom is 0.320 e. The average molecular weight is 154 g/mol. The molecule has 0 spiro atoms. The van der Waals surface area contributed by atoms with E-state index in [4.69, 9.17) is 5.11 Å². The van der Waals surface area contributed by atoms with E-state index in [0.717, 1.165) is 0 Å². The molecule has 0 saturated carbocycles. The third-order valence-corrected chi connectivity index (χ3v) is 0.881. The Labute approximate surface area is 60.9 Å². The maximum absolute atomic E-state index is 10.0. The van der Waals surface area contributed by atoms with Gasteiger partial charge in [-0.3, -0.25) is 4.79 Å². The van der Waals surface area contributed by atoms with Gasteiger partial charge in [0.1, 0.15) is 6.04 Å². The number of carboxylic acids is 1. The van der Waals surface area contributed by atoms with E-state index >= 15 is 0 Å². The van der Waals surface area contributed by atoms with Gasteiger partial charge in [-0.25, -0.2) is 0 Å². The van der Waals surface area contributed by atoms with Crippen LogP contribution in [0.25, 0.3) is 0 Å². The Bertz CT molecular complexity index is 87.0. The first-order valence-corrected chi connectivity index (χ1v) is 2.64. The summed E-state index contributed by atoms with van der Waals surface area (Å²) in [6.07, 6.45) is 0. The SMILES string of the molecule is CCN[C@@H](C)C(=O)O.Cl. The van der Waals surface area contributed by atoms with Crippen LogP contribution in [0.15, 0.2) is 0 Å². The summed E-state index contributed by atoms with van der Waals surface area (Å²) in [6, 6.07) is -0.417. The molecule has 9 heavy (non-hydrogen) atoms. The molecule has 0 aromatic carbocycles. The third kappa shape index (κ3) is 5.59. The second-order valence-corrected chi connectivity index (χ2v) is 1.62. The highest BCUT2D eigenvalue weighted by molar-refractivity contribution is 5.85. The van der Waals surface area contributed by atoms with Crippen molar-refractivity contribution < 1.29 is 9.90 Å². The van der Waals surface area contributed by atoms with Gasteiger partial charge in [0.05, 0.1) is 0 Å². The minimum absolute atomic E-state index is 0. The fourth-order valence-corrected chi connectivity index (χ4v) is 0.393. The number of hydrogen-bond donors (Lipinski definition) is 2.